The van der Waals surface area contributed by atoms with E-state index >= 15 is 0 Å². The van der Waals surface area contributed by atoms with Crippen LogP contribution in [0.15, 0.2) is 0 Å². The maximum Gasteiger partial charge on any atom is 0.411 e. The summed E-state index contributed by atoms with van der Waals surface area (Å²) in [7, 11) is 0. The van der Waals surface area contributed by atoms with Gasteiger partial charge in [-0.3, -0.25) is 4.90 Å². The van der Waals surface area contributed by atoms with Crippen LogP contribution in [0.1, 0.15) is 20.3 Å². The molecule has 3 nitrogen and oxygen atoms in total. The first kappa shape index (κ1) is 15.7. The normalized spacial score (nSPS) is 22.7. The van der Waals surface area contributed by atoms with Crippen molar-refractivity contribution in [2.75, 3.05) is 39.4 Å². The Morgan fingerprint density at radius 1 is 1.39 bits per heavy atom. The number of hydrogen-bond donors (Lipinski definition) is 1. The van der Waals surface area contributed by atoms with E-state index in [1.54, 1.807) is 0 Å². The molecule has 0 aromatic rings. The molecule has 0 saturated carbocycles. The van der Waals surface area contributed by atoms with Crippen LogP contribution in [0.25, 0.3) is 0 Å². The molecule has 1 heterocycles. The van der Waals surface area contributed by atoms with E-state index in [2.05, 4.69) is 28.8 Å². The van der Waals surface area contributed by atoms with Gasteiger partial charge in [-0.05, 0) is 12.3 Å². The third-order valence-electron chi connectivity index (χ3n) is 3.17. The van der Waals surface area contributed by atoms with E-state index in [1.165, 1.54) is 0 Å². The highest BCUT2D eigenvalue weighted by atomic mass is 19.4. The number of nitrogens with one attached hydrogen (secondary N) is 1. The Bertz CT molecular complexity index is 234. The second-order valence-corrected chi connectivity index (χ2v) is 5.07. The maximum absolute atomic E-state index is 11.9. The van der Waals surface area contributed by atoms with Crippen molar-refractivity contribution in [3.05, 3.63) is 0 Å². The molecule has 0 amide bonds. The molecule has 0 spiro atoms. The first-order valence-corrected chi connectivity index (χ1v) is 6.49. The van der Waals surface area contributed by atoms with Crippen LogP contribution >= 0.6 is 0 Å². The lowest BCUT2D eigenvalue weighted by atomic mass is 10.0. The third-order valence-corrected chi connectivity index (χ3v) is 3.17. The van der Waals surface area contributed by atoms with E-state index in [0.717, 1.165) is 26.2 Å². The number of ether oxygens (including phenoxy) is 1. The maximum atomic E-state index is 11.9. The molecule has 18 heavy (non-hydrogen) atoms. The van der Waals surface area contributed by atoms with Gasteiger partial charge in [-0.1, -0.05) is 13.8 Å². The summed E-state index contributed by atoms with van der Waals surface area (Å²) in [5.74, 6) is 0.550. The van der Waals surface area contributed by atoms with Crippen molar-refractivity contribution in [1.29, 1.82) is 0 Å². The van der Waals surface area contributed by atoms with Crippen LogP contribution < -0.4 is 5.32 Å². The van der Waals surface area contributed by atoms with Gasteiger partial charge in [0.25, 0.3) is 0 Å². The second kappa shape index (κ2) is 7.31. The molecule has 108 valence electrons. The highest BCUT2D eigenvalue weighted by Crippen LogP contribution is 2.15. The van der Waals surface area contributed by atoms with E-state index in [0.29, 0.717) is 18.4 Å². The van der Waals surface area contributed by atoms with E-state index in [-0.39, 0.29) is 6.61 Å². The number of piperazine rings is 1. The third kappa shape index (κ3) is 6.02. The zero-order valence-electron chi connectivity index (χ0n) is 11.1. The lowest BCUT2D eigenvalue weighted by Crippen LogP contribution is -2.53. The van der Waals surface area contributed by atoms with Crippen LogP contribution in [-0.4, -0.2) is 56.5 Å². The van der Waals surface area contributed by atoms with Gasteiger partial charge in [0.05, 0.1) is 0 Å². The highest BCUT2D eigenvalue weighted by Gasteiger charge is 2.27. The minimum Gasteiger partial charge on any atom is -0.372 e. The quantitative estimate of drug-likeness (QED) is 0.744. The molecule has 0 bridgehead atoms. The molecule has 1 aliphatic heterocycles. The van der Waals surface area contributed by atoms with Crippen molar-refractivity contribution in [3.63, 3.8) is 0 Å². The smallest absolute Gasteiger partial charge is 0.372 e. The topological polar surface area (TPSA) is 24.5 Å². The fourth-order valence-corrected chi connectivity index (χ4v) is 2.26. The molecule has 6 heteroatoms. The fourth-order valence-electron chi connectivity index (χ4n) is 2.26. The molecule has 1 atom stereocenters. The van der Waals surface area contributed by atoms with Gasteiger partial charge in [-0.15, -0.1) is 0 Å². The SMILES string of the molecule is CC(C)C1CNCCN1CCCOCC(F)(F)F. The van der Waals surface area contributed by atoms with Gasteiger partial charge in [-0.2, -0.15) is 13.2 Å². The molecule has 0 aliphatic carbocycles. The van der Waals surface area contributed by atoms with Gasteiger partial charge >= 0.3 is 6.18 Å². The van der Waals surface area contributed by atoms with Crippen molar-refractivity contribution in [1.82, 2.24) is 10.2 Å². The minimum atomic E-state index is -4.21. The van der Waals surface area contributed by atoms with Crippen LogP contribution in [0.3, 0.4) is 0 Å². The van der Waals surface area contributed by atoms with Gasteiger partial charge in [0, 0.05) is 38.8 Å². The molecule has 1 N–H and O–H groups in total. The number of hydrogen-bond acceptors (Lipinski definition) is 3. The summed E-state index contributed by atoms with van der Waals surface area (Å²) < 4.78 is 40.2. The first-order valence-electron chi connectivity index (χ1n) is 6.49. The Morgan fingerprint density at radius 2 is 2.11 bits per heavy atom. The number of halogens is 3. The van der Waals surface area contributed by atoms with Crippen LogP contribution in [0.2, 0.25) is 0 Å². The lowest BCUT2D eigenvalue weighted by molar-refractivity contribution is -0.174. The standard InChI is InChI=1S/C12H23F3N2O/c1-10(2)11-8-16-4-6-17(11)5-3-7-18-9-12(13,14)15/h10-11,16H,3-9H2,1-2H3. The van der Waals surface area contributed by atoms with Crippen LogP contribution in [0, 0.1) is 5.92 Å². The van der Waals surface area contributed by atoms with Crippen LogP contribution in [0.4, 0.5) is 13.2 Å². The summed E-state index contributed by atoms with van der Waals surface area (Å²) in [5, 5.41) is 3.35. The zero-order chi connectivity index (χ0) is 13.6. The summed E-state index contributed by atoms with van der Waals surface area (Å²) in [6.45, 7) is 7.06. The summed E-state index contributed by atoms with van der Waals surface area (Å²) in [4.78, 5) is 2.35. The molecular formula is C12H23F3N2O. The van der Waals surface area contributed by atoms with Crippen molar-refractivity contribution in [3.8, 4) is 0 Å². The second-order valence-electron chi connectivity index (χ2n) is 5.07. The van der Waals surface area contributed by atoms with Crippen LogP contribution in [0.5, 0.6) is 0 Å². The average Bonchev–Trinajstić information content (AvgIpc) is 2.27. The van der Waals surface area contributed by atoms with Crippen LogP contribution in [-0.2, 0) is 4.74 Å². The molecule has 1 saturated heterocycles. The number of nitrogens with zero attached hydrogens (tertiary/aromatic N) is 1. The molecule has 0 aromatic heterocycles. The Balaban J connectivity index is 2.17. The Morgan fingerprint density at radius 3 is 2.72 bits per heavy atom. The van der Waals surface area contributed by atoms with Gasteiger partial charge in [0.2, 0.25) is 0 Å². The van der Waals surface area contributed by atoms with E-state index in [9.17, 15) is 13.2 Å². The zero-order valence-corrected chi connectivity index (χ0v) is 11.1. The fraction of sp³-hybridized carbons (Fsp3) is 1.00. The summed E-state index contributed by atoms with van der Waals surface area (Å²) >= 11 is 0. The Kier molecular flexibility index (Phi) is 6.38. The Labute approximate surface area is 107 Å². The van der Waals surface area contributed by atoms with Gasteiger partial charge in [-0.25, -0.2) is 0 Å². The van der Waals surface area contributed by atoms with E-state index in [4.69, 9.17) is 0 Å². The first-order chi connectivity index (χ1) is 8.40. The molecule has 1 fully saturated rings. The molecule has 0 aromatic carbocycles. The summed E-state index contributed by atoms with van der Waals surface area (Å²) in [6, 6.07) is 0.473. The molecule has 1 aliphatic rings. The van der Waals surface area contributed by atoms with Crippen molar-refractivity contribution < 1.29 is 17.9 Å². The monoisotopic (exact) mass is 268 g/mol. The molecular weight excluding hydrogens is 245 g/mol. The van der Waals surface area contributed by atoms with Gasteiger partial charge in [0.15, 0.2) is 0 Å². The van der Waals surface area contributed by atoms with E-state index < -0.39 is 12.8 Å². The summed E-state index contributed by atoms with van der Waals surface area (Å²) in [5.41, 5.74) is 0. The van der Waals surface area contributed by atoms with E-state index in [1.807, 2.05) is 0 Å². The Hall–Kier alpha value is -0.330. The van der Waals surface area contributed by atoms with Crippen molar-refractivity contribution in [2.45, 2.75) is 32.5 Å². The number of rotatable bonds is 6. The molecule has 1 unspecified atom stereocenters. The predicted octanol–water partition coefficient (Wildman–Crippen LogP) is 1.89. The van der Waals surface area contributed by atoms with Gasteiger partial charge < -0.3 is 10.1 Å². The number of alkyl halides is 3. The minimum absolute atomic E-state index is 0.175. The average molecular weight is 268 g/mol. The van der Waals surface area contributed by atoms with Gasteiger partial charge in [0.1, 0.15) is 6.61 Å². The largest absolute Gasteiger partial charge is 0.411 e. The molecule has 1 rings (SSSR count). The highest BCUT2D eigenvalue weighted by molar-refractivity contribution is 4.81. The van der Waals surface area contributed by atoms with Crippen molar-refractivity contribution in [2.24, 2.45) is 5.92 Å². The lowest BCUT2D eigenvalue weighted by Gasteiger charge is -2.38. The van der Waals surface area contributed by atoms with Crippen molar-refractivity contribution >= 4 is 0 Å². The predicted molar refractivity (Wildman–Crippen MR) is 64.6 cm³/mol. The molecule has 0 radical (unpaired) electrons. The summed E-state index contributed by atoms with van der Waals surface area (Å²) in [6.07, 6.45) is -3.56.